The number of hydrogen-bond acceptors (Lipinski definition) is 3. The second kappa shape index (κ2) is 8.11. The van der Waals surface area contributed by atoms with E-state index in [-0.39, 0.29) is 19.1 Å². The second-order valence-corrected chi connectivity index (χ2v) is 6.72. The third-order valence-electron chi connectivity index (χ3n) is 4.74. The lowest BCUT2D eigenvalue weighted by Crippen LogP contribution is -2.32. The molecule has 1 atom stereocenters. The first-order chi connectivity index (χ1) is 13.7. The average Bonchev–Trinajstić information content (AvgIpc) is 2.75. The van der Waals surface area contributed by atoms with Crippen LogP contribution in [0.25, 0.3) is 21.5 Å². The molecule has 0 aromatic heterocycles. The van der Waals surface area contributed by atoms with Gasteiger partial charge < -0.3 is 15.2 Å². The molecule has 0 spiro atoms. The summed E-state index contributed by atoms with van der Waals surface area (Å²) in [6.45, 7) is 0.0427. The molecule has 2 N–H and O–H groups in total. The van der Waals surface area contributed by atoms with E-state index in [9.17, 15) is 9.90 Å². The van der Waals surface area contributed by atoms with Crippen LogP contribution in [0.4, 0.5) is 0 Å². The summed E-state index contributed by atoms with van der Waals surface area (Å²) in [5.41, 5.74) is 0.773. The van der Waals surface area contributed by atoms with Crippen molar-refractivity contribution in [2.45, 2.75) is 6.10 Å². The van der Waals surface area contributed by atoms with Gasteiger partial charge in [-0.3, -0.25) is 4.79 Å². The summed E-state index contributed by atoms with van der Waals surface area (Å²) >= 11 is 0. The molecule has 0 saturated heterocycles. The molecule has 1 unspecified atom stereocenters. The van der Waals surface area contributed by atoms with E-state index in [2.05, 4.69) is 5.32 Å². The number of nitrogens with one attached hydrogen (secondary N) is 1. The molecule has 4 rings (SSSR count). The summed E-state index contributed by atoms with van der Waals surface area (Å²) in [7, 11) is 0. The fraction of sp³-hybridized carbons (Fsp3) is 0.125. The highest BCUT2D eigenvalue weighted by Gasteiger charge is 2.11. The van der Waals surface area contributed by atoms with E-state index < -0.39 is 6.10 Å². The van der Waals surface area contributed by atoms with E-state index in [1.54, 1.807) is 0 Å². The highest BCUT2D eigenvalue weighted by molar-refractivity contribution is 5.84. The molecule has 0 saturated carbocycles. The fourth-order valence-corrected chi connectivity index (χ4v) is 3.20. The number of rotatable bonds is 6. The fourth-order valence-electron chi connectivity index (χ4n) is 3.20. The van der Waals surface area contributed by atoms with Crippen LogP contribution >= 0.6 is 0 Å². The topological polar surface area (TPSA) is 58.6 Å². The predicted octanol–water partition coefficient (Wildman–Crippen LogP) is 4.22. The van der Waals surface area contributed by atoms with Gasteiger partial charge in [-0.05, 0) is 45.3 Å². The van der Waals surface area contributed by atoms with E-state index >= 15 is 0 Å². The van der Waals surface area contributed by atoms with Crippen molar-refractivity contribution in [2.75, 3.05) is 13.2 Å². The molecule has 4 aromatic carbocycles. The van der Waals surface area contributed by atoms with Gasteiger partial charge in [0.2, 0.25) is 0 Å². The molecule has 0 aliphatic carbocycles. The van der Waals surface area contributed by atoms with Crippen molar-refractivity contribution in [1.29, 1.82) is 0 Å². The second-order valence-electron chi connectivity index (χ2n) is 6.72. The summed E-state index contributed by atoms with van der Waals surface area (Å²) in [6.07, 6.45) is -0.769. The van der Waals surface area contributed by atoms with E-state index in [1.807, 2.05) is 84.9 Å². The Morgan fingerprint density at radius 2 is 1.43 bits per heavy atom. The summed E-state index contributed by atoms with van der Waals surface area (Å²) < 4.78 is 5.58. The van der Waals surface area contributed by atoms with Gasteiger partial charge in [-0.1, -0.05) is 66.7 Å². The molecular weight excluding hydrogens is 350 g/mol. The van der Waals surface area contributed by atoms with Gasteiger partial charge in [-0.25, -0.2) is 0 Å². The van der Waals surface area contributed by atoms with Gasteiger partial charge in [0.1, 0.15) is 5.75 Å². The maximum absolute atomic E-state index is 12.1. The molecule has 4 aromatic rings. The quantitative estimate of drug-likeness (QED) is 0.533. The molecule has 0 heterocycles. The molecule has 1 amide bonds. The number of ether oxygens (including phenoxy) is 1. The summed E-state index contributed by atoms with van der Waals surface area (Å²) in [5.74, 6) is 0.372. The first kappa shape index (κ1) is 18.0. The number of aliphatic hydroxyl groups excluding tert-OH is 1. The number of benzene rings is 4. The Labute approximate surface area is 163 Å². The molecule has 0 fully saturated rings. The SMILES string of the molecule is O=C(COc1ccc2ccccc2c1)NCC(O)c1ccc2ccccc2c1. The smallest absolute Gasteiger partial charge is 0.258 e. The van der Waals surface area contributed by atoms with Crippen molar-refractivity contribution in [3.63, 3.8) is 0 Å². The third kappa shape index (κ3) is 4.13. The summed E-state index contributed by atoms with van der Waals surface area (Å²) in [5, 5.41) is 17.5. The van der Waals surface area contributed by atoms with Crippen LogP contribution in [0, 0.1) is 0 Å². The largest absolute Gasteiger partial charge is 0.484 e. The van der Waals surface area contributed by atoms with Crippen LogP contribution in [0.15, 0.2) is 84.9 Å². The summed E-state index contributed by atoms with van der Waals surface area (Å²) in [4.78, 5) is 12.1. The zero-order valence-electron chi connectivity index (χ0n) is 15.3. The Morgan fingerprint density at radius 3 is 2.14 bits per heavy atom. The number of aliphatic hydroxyl groups is 1. The number of carbonyl (C=O) groups is 1. The molecular formula is C24H21NO3. The zero-order valence-corrected chi connectivity index (χ0v) is 15.3. The van der Waals surface area contributed by atoms with Crippen molar-refractivity contribution in [3.05, 3.63) is 90.5 Å². The van der Waals surface area contributed by atoms with Gasteiger partial charge in [-0.15, -0.1) is 0 Å². The lowest BCUT2D eigenvalue weighted by atomic mass is 10.0. The van der Waals surface area contributed by atoms with Crippen molar-refractivity contribution < 1.29 is 14.6 Å². The molecule has 4 nitrogen and oxygen atoms in total. The molecule has 28 heavy (non-hydrogen) atoms. The lowest BCUT2D eigenvalue weighted by Gasteiger charge is -2.13. The molecule has 0 radical (unpaired) electrons. The first-order valence-electron chi connectivity index (χ1n) is 9.24. The van der Waals surface area contributed by atoms with Gasteiger partial charge in [0, 0.05) is 6.54 Å². The monoisotopic (exact) mass is 371 g/mol. The first-order valence-corrected chi connectivity index (χ1v) is 9.24. The molecule has 0 aliphatic rings. The van der Waals surface area contributed by atoms with Gasteiger partial charge in [0.05, 0.1) is 6.10 Å². The predicted molar refractivity (Wildman–Crippen MR) is 111 cm³/mol. The van der Waals surface area contributed by atoms with Gasteiger partial charge in [-0.2, -0.15) is 0 Å². The minimum absolute atomic E-state index is 0.0945. The van der Waals surface area contributed by atoms with E-state index in [0.29, 0.717) is 5.75 Å². The highest BCUT2D eigenvalue weighted by atomic mass is 16.5. The van der Waals surface area contributed by atoms with E-state index in [0.717, 1.165) is 27.1 Å². The standard InChI is InChI=1S/C24H21NO3/c26-23(21-10-9-17-5-1-3-7-19(17)13-21)15-25-24(27)16-28-22-12-11-18-6-2-4-8-20(18)14-22/h1-14,23,26H,15-16H2,(H,25,27). The van der Waals surface area contributed by atoms with Crippen molar-refractivity contribution in [3.8, 4) is 5.75 Å². The van der Waals surface area contributed by atoms with E-state index in [4.69, 9.17) is 4.74 Å². The Kier molecular flexibility index (Phi) is 5.22. The van der Waals surface area contributed by atoms with Crippen LogP contribution in [-0.4, -0.2) is 24.2 Å². The average molecular weight is 371 g/mol. The van der Waals surface area contributed by atoms with Crippen LogP contribution in [0.2, 0.25) is 0 Å². The number of amides is 1. The zero-order chi connectivity index (χ0) is 19.3. The highest BCUT2D eigenvalue weighted by Crippen LogP contribution is 2.21. The van der Waals surface area contributed by atoms with Crippen molar-refractivity contribution >= 4 is 27.5 Å². The Hall–Kier alpha value is -3.37. The van der Waals surface area contributed by atoms with Gasteiger partial charge in [0.25, 0.3) is 5.91 Å². The minimum Gasteiger partial charge on any atom is -0.484 e. The van der Waals surface area contributed by atoms with Crippen LogP contribution in [0.5, 0.6) is 5.75 Å². The maximum Gasteiger partial charge on any atom is 0.258 e. The number of hydrogen-bond donors (Lipinski definition) is 2. The Bertz CT molecular complexity index is 1120. The Morgan fingerprint density at radius 1 is 0.821 bits per heavy atom. The minimum atomic E-state index is -0.769. The normalized spacial score (nSPS) is 12.0. The van der Waals surface area contributed by atoms with Gasteiger partial charge in [0.15, 0.2) is 6.61 Å². The van der Waals surface area contributed by atoms with Crippen molar-refractivity contribution in [1.82, 2.24) is 5.32 Å². The van der Waals surface area contributed by atoms with Crippen LogP contribution < -0.4 is 10.1 Å². The summed E-state index contributed by atoms with van der Waals surface area (Å²) in [6, 6.07) is 27.5. The van der Waals surface area contributed by atoms with E-state index in [1.165, 1.54) is 0 Å². The molecule has 0 aliphatic heterocycles. The van der Waals surface area contributed by atoms with Crippen LogP contribution in [0.3, 0.4) is 0 Å². The van der Waals surface area contributed by atoms with Crippen LogP contribution in [-0.2, 0) is 4.79 Å². The third-order valence-corrected chi connectivity index (χ3v) is 4.74. The molecule has 140 valence electrons. The Balaban J connectivity index is 1.31. The molecule has 0 bridgehead atoms. The number of fused-ring (bicyclic) bond motifs is 2. The maximum atomic E-state index is 12.1. The molecule has 4 heteroatoms. The van der Waals surface area contributed by atoms with Gasteiger partial charge >= 0.3 is 0 Å². The lowest BCUT2D eigenvalue weighted by molar-refractivity contribution is -0.123. The number of carbonyl (C=O) groups excluding carboxylic acids is 1. The van der Waals surface area contributed by atoms with Crippen LogP contribution in [0.1, 0.15) is 11.7 Å². The van der Waals surface area contributed by atoms with Crippen molar-refractivity contribution in [2.24, 2.45) is 0 Å².